The number of nitrogens with one attached hydrogen (secondary N) is 1. The van der Waals surface area contributed by atoms with Crippen LogP contribution in [0, 0.1) is 26.2 Å². The van der Waals surface area contributed by atoms with Crippen molar-refractivity contribution in [2.24, 2.45) is 0 Å². The molecule has 0 unspecified atom stereocenters. The Labute approximate surface area is 99.3 Å². The maximum atomic E-state index is 5.20. The third kappa shape index (κ3) is 4.08. The lowest BCUT2D eigenvalue weighted by atomic mass is 10.0. The first kappa shape index (κ1) is 12.8. The van der Waals surface area contributed by atoms with Crippen LogP contribution in [0.2, 0.25) is 0 Å². The number of unbranched alkanes of at least 4 members (excludes halogenated alkanes) is 2. The first-order valence-corrected chi connectivity index (χ1v) is 5.95. The van der Waals surface area contributed by atoms with Crippen LogP contribution in [-0.4, -0.2) is 6.54 Å². The Kier molecular flexibility index (Phi) is 5.67. The van der Waals surface area contributed by atoms with Crippen LogP contribution >= 0.6 is 0 Å². The van der Waals surface area contributed by atoms with Gasteiger partial charge in [-0.1, -0.05) is 18.2 Å². The van der Waals surface area contributed by atoms with Crippen LogP contribution in [0.15, 0.2) is 18.2 Å². The van der Waals surface area contributed by atoms with Crippen molar-refractivity contribution in [3.05, 3.63) is 34.9 Å². The Morgan fingerprint density at radius 1 is 1.19 bits per heavy atom. The summed E-state index contributed by atoms with van der Waals surface area (Å²) in [7, 11) is 0. The van der Waals surface area contributed by atoms with Gasteiger partial charge in [0.25, 0.3) is 0 Å². The molecule has 86 valence electrons. The van der Waals surface area contributed by atoms with Gasteiger partial charge in [-0.25, -0.2) is 0 Å². The maximum Gasteiger partial charge on any atom is 0.0210 e. The zero-order valence-corrected chi connectivity index (χ0v) is 10.3. The van der Waals surface area contributed by atoms with Crippen LogP contribution < -0.4 is 5.32 Å². The lowest BCUT2D eigenvalue weighted by molar-refractivity contribution is 0.627. The summed E-state index contributed by atoms with van der Waals surface area (Å²) in [5.41, 5.74) is 4.17. The number of terminal acetylenes is 1. The van der Waals surface area contributed by atoms with E-state index in [2.05, 4.69) is 43.3 Å². The quantitative estimate of drug-likeness (QED) is 0.567. The molecule has 0 fully saturated rings. The van der Waals surface area contributed by atoms with Crippen molar-refractivity contribution in [2.75, 3.05) is 6.54 Å². The molecule has 16 heavy (non-hydrogen) atoms. The van der Waals surface area contributed by atoms with E-state index in [0.717, 1.165) is 32.4 Å². The molecule has 0 saturated heterocycles. The van der Waals surface area contributed by atoms with Gasteiger partial charge in [-0.3, -0.25) is 0 Å². The molecule has 0 atom stereocenters. The Hall–Kier alpha value is -1.26. The van der Waals surface area contributed by atoms with E-state index in [4.69, 9.17) is 6.42 Å². The minimum atomic E-state index is 0.894. The third-order valence-electron chi connectivity index (χ3n) is 2.87. The monoisotopic (exact) mass is 215 g/mol. The molecule has 0 saturated carbocycles. The second kappa shape index (κ2) is 7.09. The lowest BCUT2D eigenvalue weighted by Crippen LogP contribution is -2.16. The standard InChI is InChI=1S/C15H21N/c1-4-5-6-7-11-16-12-15-13(2)9-8-10-14(15)3/h1,8-10,16H,5-7,11-12H2,2-3H3. The van der Waals surface area contributed by atoms with Crippen molar-refractivity contribution in [2.45, 2.75) is 39.7 Å². The molecular weight excluding hydrogens is 194 g/mol. The molecule has 1 heteroatoms. The average Bonchev–Trinajstić information content (AvgIpc) is 2.26. The highest BCUT2D eigenvalue weighted by molar-refractivity contribution is 5.33. The third-order valence-corrected chi connectivity index (χ3v) is 2.87. The Bertz CT molecular complexity index is 340. The maximum absolute atomic E-state index is 5.20. The van der Waals surface area contributed by atoms with Crippen molar-refractivity contribution < 1.29 is 0 Å². The molecule has 0 amide bonds. The van der Waals surface area contributed by atoms with Crippen LogP contribution in [0.4, 0.5) is 0 Å². The second-order valence-corrected chi connectivity index (χ2v) is 4.21. The predicted octanol–water partition coefficient (Wildman–Crippen LogP) is 3.20. The first-order valence-electron chi connectivity index (χ1n) is 5.95. The first-order chi connectivity index (χ1) is 7.75. The summed E-state index contributed by atoms with van der Waals surface area (Å²) in [5, 5.41) is 3.47. The summed E-state index contributed by atoms with van der Waals surface area (Å²) >= 11 is 0. The van der Waals surface area contributed by atoms with Crippen LogP contribution in [0.25, 0.3) is 0 Å². The smallest absolute Gasteiger partial charge is 0.0210 e. The van der Waals surface area contributed by atoms with E-state index in [0.29, 0.717) is 0 Å². The predicted molar refractivity (Wildman–Crippen MR) is 70.3 cm³/mol. The SMILES string of the molecule is C#CCCCCNCc1c(C)cccc1C. The molecule has 1 nitrogen and oxygen atoms in total. The highest BCUT2D eigenvalue weighted by Crippen LogP contribution is 2.12. The molecule has 0 aromatic heterocycles. The van der Waals surface area contributed by atoms with Gasteiger partial charge in [0.05, 0.1) is 0 Å². The molecule has 0 bridgehead atoms. The van der Waals surface area contributed by atoms with E-state index in [9.17, 15) is 0 Å². The normalized spacial score (nSPS) is 10.1. The number of rotatable bonds is 6. The van der Waals surface area contributed by atoms with Crippen molar-refractivity contribution in [3.8, 4) is 12.3 Å². The van der Waals surface area contributed by atoms with Crippen molar-refractivity contribution in [1.29, 1.82) is 0 Å². The molecule has 1 N–H and O–H groups in total. The second-order valence-electron chi connectivity index (χ2n) is 4.21. The molecule has 0 aliphatic rings. The highest BCUT2D eigenvalue weighted by Gasteiger charge is 2.00. The van der Waals surface area contributed by atoms with Crippen LogP contribution in [0.3, 0.4) is 0 Å². The summed E-state index contributed by atoms with van der Waals surface area (Å²) in [5.74, 6) is 2.67. The van der Waals surface area contributed by atoms with Crippen LogP contribution in [0.5, 0.6) is 0 Å². The van der Waals surface area contributed by atoms with Crippen molar-refractivity contribution >= 4 is 0 Å². The van der Waals surface area contributed by atoms with Gasteiger partial charge in [0, 0.05) is 13.0 Å². The summed E-state index contributed by atoms with van der Waals surface area (Å²) in [6.07, 6.45) is 8.38. The molecule has 0 aliphatic carbocycles. The minimum Gasteiger partial charge on any atom is -0.313 e. The summed E-state index contributed by atoms with van der Waals surface area (Å²) in [6.45, 7) is 6.36. The van der Waals surface area contributed by atoms with Gasteiger partial charge in [-0.05, 0) is 49.9 Å². The van der Waals surface area contributed by atoms with Gasteiger partial charge in [0.15, 0.2) is 0 Å². The molecular formula is C15H21N. The zero-order chi connectivity index (χ0) is 11.8. The molecule has 0 aliphatic heterocycles. The Balaban J connectivity index is 2.30. The number of hydrogen-bond acceptors (Lipinski definition) is 1. The van der Waals surface area contributed by atoms with Gasteiger partial charge >= 0.3 is 0 Å². The molecule has 1 rings (SSSR count). The van der Waals surface area contributed by atoms with Gasteiger partial charge in [0.1, 0.15) is 0 Å². The molecule has 0 radical (unpaired) electrons. The minimum absolute atomic E-state index is 0.894. The zero-order valence-electron chi connectivity index (χ0n) is 10.3. The largest absolute Gasteiger partial charge is 0.313 e. The fourth-order valence-corrected chi connectivity index (χ4v) is 1.82. The summed E-state index contributed by atoms with van der Waals surface area (Å²) < 4.78 is 0. The van der Waals surface area contributed by atoms with Gasteiger partial charge in [-0.15, -0.1) is 12.3 Å². The van der Waals surface area contributed by atoms with E-state index < -0.39 is 0 Å². The molecule has 0 spiro atoms. The van der Waals surface area contributed by atoms with E-state index >= 15 is 0 Å². The molecule has 1 aromatic carbocycles. The van der Waals surface area contributed by atoms with Crippen molar-refractivity contribution in [1.82, 2.24) is 5.32 Å². The molecule has 0 heterocycles. The Morgan fingerprint density at radius 2 is 1.88 bits per heavy atom. The number of aryl methyl sites for hydroxylation is 2. The van der Waals surface area contributed by atoms with Gasteiger partial charge in [-0.2, -0.15) is 0 Å². The van der Waals surface area contributed by atoms with Crippen LogP contribution in [0.1, 0.15) is 36.0 Å². The van der Waals surface area contributed by atoms with E-state index in [1.54, 1.807) is 0 Å². The Morgan fingerprint density at radius 3 is 2.50 bits per heavy atom. The number of hydrogen-bond donors (Lipinski definition) is 1. The van der Waals surface area contributed by atoms with E-state index in [-0.39, 0.29) is 0 Å². The van der Waals surface area contributed by atoms with E-state index in [1.807, 2.05) is 0 Å². The van der Waals surface area contributed by atoms with E-state index in [1.165, 1.54) is 16.7 Å². The van der Waals surface area contributed by atoms with Crippen LogP contribution in [-0.2, 0) is 6.54 Å². The summed E-state index contributed by atoms with van der Waals surface area (Å²) in [6, 6.07) is 6.45. The average molecular weight is 215 g/mol. The summed E-state index contributed by atoms with van der Waals surface area (Å²) in [4.78, 5) is 0. The topological polar surface area (TPSA) is 12.0 Å². The lowest BCUT2D eigenvalue weighted by Gasteiger charge is -2.10. The fraction of sp³-hybridized carbons (Fsp3) is 0.467. The van der Waals surface area contributed by atoms with Gasteiger partial charge in [0.2, 0.25) is 0 Å². The fourth-order valence-electron chi connectivity index (χ4n) is 1.82. The highest BCUT2D eigenvalue weighted by atomic mass is 14.8. The van der Waals surface area contributed by atoms with Crippen molar-refractivity contribution in [3.63, 3.8) is 0 Å². The molecule has 1 aromatic rings. The number of benzene rings is 1. The van der Waals surface area contributed by atoms with Gasteiger partial charge < -0.3 is 5.32 Å².